The van der Waals surface area contributed by atoms with Gasteiger partial charge in [0.05, 0.1) is 19.8 Å². The first-order valence-electron chi connectivity index (χ1n) is 9.39. The van der Waals surface area contributed by atoms with E-state index in [-0.39, 0.29) is 12.6 Å². The highest BCUT2D eigenvalue weighted by molar-refractivity contribution is 7.19. The lowest BCUT2D eigenvalue weighted by Gasteiger charge is -2.24. The minimum atomic E-state index is 0.219. The third kappa shape index (κ3) is 8.26. The highest BCUT2D eigenvalue weighted by Gasteiger charge is 2.19. The highest BCUT2D eigenvalue weighted by atomic mass is 35.5. The molecule has 1 saturated carbocycles. The quantitative estimate of drug-likeness (QED) is 0.645. The van der Waals surface area contributed by atoms with Gasteiger partial charge in [0.15, 0.2) is 4.83 Å². The van der Waals surface area contributed by atoms with E-state index in [0.29, 0.717) is 35.2 Å². The average molecular weight is 432 g/mol. The minimum absolute atomic E-state index is 0.219. The van der Waals surface area contributed by atoms with Crippen molar-refractivity contribution in [2.45, 2.75) is 46.1 Å². The van der Waals surface area contributed by atoms with Crippen molar-refractivity contribution in [3.8, 4) is 11.1 Å². The second-order valence-corrected chi connectivity index (χ2v) is 7.58. The van der Waals surface area contributed by atoms with E-state index in [1.807, 2.05) is 20.9 Å². The topological polar surface area (TPSA) is 93.6 Å². The van der Waals surface area contributed by atoms with Crippen LogP contribution in [0.1, 0.15) is 40.0 Å². The van der Waals surface area contributed by atoms with Gasteiger partial charge in [0.25, 0.3) is 5.19 Å². The van der Waals surface area contributed by atoms with Crippen LogP contribution >= 0.6 is 22.9 Å². The number of fused-ring (bicyclic) bond motifs is 1. The second kappa shape index (κ2) is 13.7. The predicted molar refractivity (Wildman–Crippen MR) is 114 cm³/mol. The Morgan fingerprint density at radius 3 is 2.57 bits per heavy atom. The molecule has 28 heavy (non-hydrogen) atoms. The van der Waals surface area contributed by atoms with Crippen molar-refractivity contribution in [1.82, 2.24) is 15.3 Å². The molecule has 1 aliphatic rings. The summed E-state index contributed by atoms with van der Waals surface area (Å²) in [6.45, 7) is 6.81. The smallest absolute Gasteiger partial charge is 0.275 e. The zero-order chi connectivity index (χ0) is 20.9. The van der Waals surface area contributed by atoms with Crippen LogP contribution in [0.3, 0.4) is 0 Å². The first kappa shape index (κ1) is 24.6. The number of pyridine rings is 1. The van der Waals surface area contributed by atoms with Crippen LogP contribution in [-0.4, -0.2) is 54.3 Å². The SMILES string of the molecule is CC=O.CCOc1nc2cc(Cl)c(OCC3CCC3)nc2s1.CNC(C)CO. The molecule has 2 aromatic rings. The molecule has 0 aliphatic heterocycles. The molecule has 2 aromatic heterocycles. The maximum atomic E-state index is 8.81. The Labute approximate surface area is 175 Å². The van der Waals surface area contributed by atoms with Gasteiger partial charge in [-0.2, -0.15) is 4.98 Å². The summed E-state index contributed by atoms with van der Waals surface area (Å²) in [6.07, 6.45) is 4.55. The predicted octanol–water partition coefficient (Wildman–Crippen LogP) is 3.71. The normalized spacial score (nSPS) is 14.1. The molecule has 3 rings (SSSR count). The molecule has 1 atom stereocenters. The van der Waals surface area contributed by atoms with Crippen LogP contribution in [0.5, 0.6) is 11.1 Å². The summed E-state index contributed by atoms with van der Waals surface area (Å²) in [5, 5.41) is 12.3. The Bertz CT molecular complexity index is 706. The number of carbonyl (C=O) groups excluding carboxylic acids is 1. The zero-order valence-corrected chi connectivity index (χ0v) is 18.5. The van der Waals surface area contributed by atoms with E-state index >= 15 is 0 Å². The molecule has 0 spiro atoms. The van der Waals surface area contributed by atoms with Crippen LogP contribution < -0.4 is 14.8 Å². The molecule has 9 heteroatoms. The van der Waals surface area contributed by atoms with Crippen LogP contribution in [0.15, 0.2) is 6.07 Å². The fourth-order valence-electron chi connectivity index (χ4n) is 2.04. The summed E-state index contributed by atoms with van der Waals surface area (Å²) in [6, 6.07) is 2.03. The number of hydrogen-bond donors (Lipinski definition) is 2. The molecule has 0 bridgehead atoms. The number of thiazole rings is 1. The number of aldehydes is 1. The lowest BCUT2D eigenvalue weighted by Crippen LogP contribution is -2.24. The van der Waals surface area contributed by atoms with Gasteiger partial charge >= 0.3 is 0 Å². The third-order valence-corrected chi connectivity index (χ3v) is 5.15. The number of nitrogens with one attached hydrogen (secondary N) is 1. The summed E-state index contributed by atoms with van der Waals surface area (Å²) >= 11 is 7.59. The Morgan fingerprint density at radius 2 is 2.11 bits per heavy atom. The van der Waals surface area contributed by atoms with Crippen molar-refractivity contribution in [2.24, 2.45) is 5.92 Å². The van der Waals surface area contributed by atoms with E-state index in [9.17, 15) is 0 Å². The standard InChI is InChI=1S/C13H15ClN2O2S.C4H11NO.C2H4O/c1-2-17-13-15-10-6-9(14)11(16-12(10)19-13)18-7-8-4-3-5-8;1-4(3-6)5-2;1-2-3/h6,8H,2-5,7H2,1H3;4-6H,3H2,1-2H3;2H,1H3. The number of hydrogen-bond acceptors (Lipinski definition) is 8. The van der Waals surface area contributed by atoms with Crippen molar-refractivity contribution in [1.29, 1.82) is 0 Å². The molecular weight excluding hydrogens is 402 g/mol. The maximum absolute atomic E-state index is 8.81. The van der Waals surface area contributed by atoms with Gasteiger partial charge in [0.2, 0.25) is 5.88 Å². The summed E-state index contributed by atoms with van der Waals surface area (Å²) in [4.78, 5) is 18.4. The van der Waals surface area contributed by atoms with Gasteiger partial charge in [-0.15, -0.1) is 0 Å². The van der Waals surface area contributed by atoms with Gasteiger partial charge in [-0.1, -0.05) is 29.4 Å². The van der Waals surface area contributed by atoms with E-state index in [4.69, 9.17) is 31.0 Å². The minimum Gasteiger partial charge on any atom is -0.476 e. The van der Waals surface area contributed by atoms with E-state index < -0.39 is 0 Å². The van der Waals surface area contributed by atoms with E-state index in [2.05, 4.69) is 15.3 Å². The monoisotopic (exact) mass is 431 g/mol. The van der Waals surface area contributed by atoms with Gasteiger partial charge < -0.3 is 24.7 Å². The molecule has 0 radical (unpaired) electrons. The van der Waals surface area contributed by atoms with Crippen molar-refractivity contribution in [2.75, 3.05) is 26.9 Å². The van der Waals surface area contributed by atoms with Crippen molar-refractivity contribution < 1.29 is 19.4 Å². The number of carbonyl (C=O) groups is 1. The second-order valence-electron chi connectivity index (χ2n) is 6.23. The van der Waals surface area contributed by atoms with Crippen molar-refractivity contribution >= 4 is 39.6 Å². The molecule has 2 heterocycles. The molecular formula is C19H30ClN3O4S. The zero-order valence-electron chi connectivity index (χ0n) is 16.9. The van der Waals surface area contributed by atoms with E-state index in [1.165, 1.54) is 37.5 Å². The number of nitrogens with zero attached hydrogens (tertiary/aromatic N) is 2. The van der Waals surface area contributed by atoms with Crippen LogP contribution in [0.2, 0.25) is 5.02 Å². The van der Waals surface area contributed by atoms with Gasteiger partial charge in [-0.3, -0.25) is 0 Å². The lowest BCUT2D eigenvalue weighted by atomic mass is 9.86. The van der Waals surface area contributed by atoms with E-state index in [0.717, 1.165) is 16.6 Å². The highest BCUT2D eigenvalue weighted by Crippen LogP contribution is 2.34. The third-order valence-electron chi connectivity index (χ3n) is 4.00. The fourth-order valence-corrected chi connectivity index (χ4v) is 3.06. The first-order chi connectivity index (χ1) is 13.5. The van der Waals surface area contributed by atoms with Gasteiger partial charge in [0, 0.05) is 6.04 Å². The Kier molecular flexibility index (Phi) is 12.0. The van der Waals surface area contributed by atoms with Crippen LogP contribution in [0.25, 0.3) is 10.3 Å². The van der Waals surface area contributed by atoms with Crippen molar-refractivity contribution in [3.63, 3.8) is 0 Å². The molecule has 1 fully saturated rings. The fraction of sp³-hybridized carbons (Fsp3) is 0.632. The Morgan fingerprint density at radius 1 is 1.43 bits per heavy atom. The molecule has 0 amide bonds. The van der Waals surface area contributed by atoms with Crippen LogP contribution in [0, 0.1) is 5.92 Å². The molecule has 0 aromatic carbocycles. The summed E-state index contributed by atoms with van der Waals surface area (Å²) in [7, 11) is 1.82. The molecule has 7 nitrogen and oxygen atoms in total. The van der Waals surface area contributed by atoms with Gasteiger partial charge in [-0.05, 0) is 52.6 Å². The molecule has 1 aliphatic carbocycles. The van der Waals surface area contributed by atoms with E-state index in [1.54, 1.807) is 6.07 Å². The van der Waals surface area contributed by atoms with Crippen LogP contribution in [-0.2, 0) is 4.79 Å². The number of ether oxygens (including phenoxy) is 2. The van der Waals surface area contributed by atoms with Gasteiger partial charge in [-0.25, -0.2) is 4.98 Å². The van der Waals surface area contributed by atoms with Gasteiger partial charge in [0.1, 0.15) is 16.8 Å². The maximum Gasteiger partial charge on any atom is 0.275 e. The van der Waals surface area contributed by atoms with Crippen molar-refractivity contribution in [3.05, 3.63) is 11.1 Å². The number of halogens is 1. The molecule has 2 N–H and O–H groups in total. The Balaban J connectivity index is 0.000000370. The molecule has 1 unspecified atom stereocenters. The lowest BCUT2D eigenvalue weighted by molar-refractivity contribution is -0.106. The summed E-state index contributed by atoms with van der Waals surface area (Å²) < 4.78 is 11.1. The number of aliphatic hydroxyl groups excluding tert-OH is 1. The van der Waals surface area contributed by atoms with Crippen LogP contribution in [0.4, 0.5) is 0 Å². The Hall–Kier alpha value is -1.48. The largest absolute Gasteiger partial charge is 0.476 e. The number of likely N-dealkylation sites (N-methyl/N-ethyl adjacent to an activating group) is 1. The average Bonchev–Trinajstić information content (AvgIpc) is 3.02. The summed E-state index contributed by atoms with van der Waals surface area (Å²) in [5.74, 6) is 1.17. The first-order valence-corrected chi connectivity index (χ1v) is 10.6. The molecule has 158 valence electrons. The number of aliphatic hydroxyl groups is 1. The molecule has 0 saturated heterocycles. The number of aromatic nitrogens is 2. The number of rotatable bonds is 7. The summed E-state index contributed by atoms with van der Waals surface area (Å²) in [5.41, 5.74) is 0.759.